The van der Waals surface area contributed by atoms with E-state index in [4.69, 9.17) is 14.2 Å². The fourth-order valence-corrected chi connectivity index (χ4v) is 2.76. The molecule has 0 amide bonds. The second kappa shape index (κ2) is 6.74. The number of benzene rings is 2. The standard InChI is InChI=1S/C19H19NO4/c1-12-7-6-8-13(11-12)17-16(19(21)23-3)20-18(24-17)14-9-4-5-10-15(14)22-2/h4-11,16-17H,1-3H3/t16-,17+/m1/s1. The lowest BCUT2D eigenvalue weighted by molar-refractivity contribution is -0.143. The minimum absolute atomic E-state index is 0.384. The van der Waals surface area contributed by atoms with Crippen LogP contribution in [-0.4, -0.2) is 32.1 Å². The zero-order valence-electron chi connectivity index (χ0n) is 13.9. The average molecular weight is 325 g/mol. The van der Waals surface area contributed by atoms with Crippen LogP contribution in [-0.2, 0) is 14.3 Å². The summed E-state index contributed by atoms with van der Waals surface area (Å²) in [6.07, 6.45) is -0.516. The number of nitrogens with zero attached hydrogens (tertiary/aromatic N) is 1. The molecule has 2 aromatic carbocycles. The molecule has 0 saturated heterocycles. The van der Waals surface area contributed by atoms with Crippen molar-refractivity contribution in [2.24, 2.45) is 4.99 Å². The van der Waals surface area contributed by atoms with Crippen LogP contribution in [0.25, 0.3) is 0 Å². The van der Waals surface area contributed by atoms with Gasteiger partial charge in [0, 0.05) is 0 Å². The molecule has 1 aliphatic rings. The molecule has 0 aliphatic carbocycles. The number of hydrogen-bond acceptors (Lipinski definition) is 5. The molecule has 1 heterocycles. The van der Waals surface area contributed by atoms with Gasteiger partial charge in [-0.1, -0.05) is 42.0 Å². The van der Waals surface area contributed by atoms with Crippen LogP contribution in [0.15, 0.2) is 53.5 Å². The van der Waals surface area contributed by atoms with Crippen LogP contribution < -0.4 is 4.74 Å². The summed E-state index contributed by atoms with van der Waals surface area (Å²) in [6.45, 7) is 1.99. The van der Waals surface area contributed by atoms with Crippen LogP contribution >= 0.6 is 0 Å². The SMILES string of the molecule is COC(=O)[C@@H]1N=C(c2ccccc2OC)O[C@H]1c1cccc(C)c1. The molecule has 0 N–H and O–H groups in total. The van der Waals surface area contributed by atoms with E-state index in [0.717, 1.165) is 11.1 Å². The quantitative estimate of drug-likeness (QED) is 0.811. The summed E-state index contributed by atoms with van der Waals surface area (Å²) in [5.41, 5.74) is 2.69. The zero-order chi connectivity index (χ0) is 17.1. The molecule has 2 atom stereocenters. The van der Waals surface area contributed by atoms with E-state index in [-0.39, 0.29) is 0 Å². The van der Waals surface area contributed by atoms with Gasteiger partial charge in [-0.15, -0.1) is 0 Å². The molecule has 24 heavy (non-hydrogen) atoms. The van der Waals surface area contributed by atoms with E-state index in [0.29, 0.717) is 17.2 Å². The Balaban J connectivity index is 2.00. The van der Waals surface area contributed by atoms with E-state index < -0.39 is 18.1 Å². The van der Waals surface area contributed by atoms with E-state index in [1.807, 2.05) is 55.5 Å². The molecule has 1 aliphatic heterocycles. The molecule has 5 heteroatoms. The summed E-state index contributed by atoms with van der Waals surface area (Å²) in [6, 6.07) is 14.5. The third kappa shape index (κ3) is 2.97. The highest BCUT2D eigenvalue weighted by Gasteiger charge is 2.39. The van der Waals surface area contributed by atoms with Crippen molar-refractivity contribution >= 4 is 11.9 Å². The molecule has 0 unspecified atom stereocenters. The molecule has 3 rings (SSSR count). The van der Waals surface area contributed by atoms with Crippen LogP contribution in [0, 0.1) is 6.92 Å². The van der Waals surface area contributed by atoms with Gasteiger partial charge in [-0.05, 0) is 24.6 Å². The van der Waals surface area contributed by atoms with Gasteiger partial charge < -0.3 is 14.2 Å². The molecule has 0 fully saturated rings. The predicted octanol–water partition coefficient (Wildman–Crippen LogP) is 3.06. The fourth-order valence-electron chi connectivity index (χ4n) is 2.76. The van der Waals surface area contributed by atoms with E-state index >= 15 is 0 Å². The van der Waals surface area contributed by atoms with E-state index in [1.54, 1.807) is 7.11 Å². The number of rotatable bonds is 4. The zero-order valence-corrected chi connectivity index (χ0v) is 13.9. The van der Waals surface area contributed by atoms with Gasteiger partial charge in [-0.3, -0.25) is 0 Å². The van der Waals surface area contributed by atoms with Gasteiger partial charge in [0.05, 0.1) is 19.8 Å². The molecule has 5 nitrogen and oxygen atoms in total. The van der Waals surface area contributed by atoms with Crippen molar-refractivity contribution in [2.75, 3.05) is 14.2 Å². The van der Waals surface area contributed by atoms with Gasteiger partial charge in [0.15, 0.2) is 12.1 Å². The molecule has 124 valence electrons. The number of carbonyl (C=O) groups is 1. The Bertz CT molecular complexity index is 784. The van der Waals surface area contributed by atoms with Crippen molar-refractivity contribution in [3.8, 4) is 5.75 Å². The Kier molecular flexibility index (Phi) is 4.51. The van der Waals surface area contributed by atoms with Crippen molar-refractivity contribution in [3.63, 3.8) is 0 Å². The average Bonchev–Trinajstić information content (AvgIpc) is 3.06. The lowest BCUT2D eigenvalue weighted by atomic mass is 10.0. The largest absolute Gasteiger partial charge is 0.496 e. The maximum Gasteiger partial charge on any atom is 0.335 e. The molecular weight excluding hydrogens is 306 g/mol. The van der Waals surface area contributed by atoms with Crippen LogP contribution in [0.4, 0.5) is 0 Å². The maximum atomic E-state index is 12.2. The van der Waals surface area contributed by atoms with Crippen LogP contribution in [0.5, 0.6) is 5.75 Å². The van der Waals surface area contributed by atoms with E-state index in [9.17, 15) is 4.79 Å². The highest BCUT2D eigenvalue weighted by Crippen LogP contribution is 2.34. The molecule has 0 aromatic heterocycles. The van der Waals surface area contributed by atoms with Crippen LogP contribution in [0.2, 0.25) is 0 Å². The number of aliphatic imine (C=N–C) groups is 1. The first kappa shape index (κ1) is 16.1. The van der Waals surface area contributed by atoms with Gasteiger partial charge in [0.1, 0.15) is 5.75 Å². The second-order valence-corrected chi connectivity index (χ2v) is 5.56. The minimum atomic E-state index is -0.739. The minimum Gasteiger partial charge on any atom is -0.496 e. The Morgan fingerprint density at radius 3 is 2.62 bits per heavy atom. The fraction of sp³-hybridized carbons (Fsp3) is 0.263. The summed E-state index contributed by atoms with van der Waals surface area (Å²) in [5.74, 6) is 0.602. The Hall–Kier alpha value is -2.82. The number of para-hydroxylation sites is 1. The third-order valence-corrected chi connectivity index (χ3v) is 3.93. The number of hydrogen-bond donors (Lipinski definition) is 0. The maximum absolute atomic E-state index is 12.2. The molecule has 2 aromatic rings. The van der Waals surface area contributed by atoms with Crippen molar-refractivity contribution in [1.29, 1.82) is 0 Å². The van der Waals surface area contributed by atoms with Crippen molar-refractivity contribution in [3.05, 3.63) is 65.2 Å². The number of esters is 1. The Morgan fingerprint density at radius 1 is 1.12 bits per heavy atom. The lowest BCUT2D eigenvalue weighted by Gasteiger charge is -2.17. The van der Waals surface area contributed by atoms with E-state index in [2.05, 4.69) is 4.99 Å². The first-order chi connectivity index (χ1) is 11.6. The number of carbonyl (C=O) groups excluding carboxylic acids is 1. The summed E-state index contributed by atoms with van der Waals surface area (Å²) < 4.78 is 16.3. The smallest absolute Gasteiger partial charge is 0.335 e. The Labute approximate surface area is 140 Å². The molecular formula is C19H19NO4. The summed E-state index contributed by atoms with van der Waals surface area (Å²) in [7, 11) is 2.94. The topological polar surface area (TPSA) is 57.1 Å². The van der Waals surface area contributed by atoms with Gasteiger partial charge in [-0.2, -0.15) is 0 Å². The second-order valence-electron chi connectivity index (χ2n) is 5.56. The number of methoxy groups -OCH3 is 2. The van der Waals surface area contributed by atoms with Crippen molar-refractivity contribution < 1.29 is 19.0 Å². The highest BCUT2D eigenvalue weighted by atomic mass is 16.5. The molecule has 0 radical (unpaired) electrons. The van der Waals surface area contributed by atoms with Gasteiger partial charge in [0.2, 0.25) is 5.90 Å². The summed E-state index contributed by atoms with van der Waals surface area (Å²) in [5, 5.41) is 0. The van der Waals surface area contributed by atoms with Crippen LogP contribution in [0.3, 0.4) is 0 Å². The van der Waals surface area contributed by atoms with Gasteiger partial charge in [0.25, 0.3) is 0 Å². The van der Waals surface area contributed by atoms with Crippen molar-refractivity contribution in [2.45, 2.75) is 19.1 Å². The van der Waals surface area contributed by atoms with Gasteiger partial charge >= 0.3 is 5.97 Å². The monoisotopic (exact) mass is 325 g/mol. The van der Waals surface area contributed by atoms with Gasteiger partial charge in [-0.25, -0.2) is 9.79 Å². The summed E-state index contributed by atoms with van der Waals surface area (Å²) >= 11 is 0. The van der Waals surface area contributed by atoms with E-state index in [1.165, 1.54) is 7.11 Å². The molecule has 0 saturated carbocycles. The first-order valence-electron chi connectivity index (χ1n) is 7.66. The Morgan fingerprint density at radius 2 is 1.92 bits per heavy atom. The lowest BCUT2D eigenvalue weighted by Crippen LogP contribution is -2.25. The third-order valence-electron chi connectivity index (χ3n) is 3.93. The number of aryl methyl sites for hydroxylation is 1. The van der Waals surface area contributed by atoms with Crippen molar-refractivity contribution in [1.82, 2.24) is 0 Å². The molecule has 0 bridgehead atoms. The highest BCUT2D eigenvalue weighted by molar-refractivity contribution is 6.00. The first-order valence-corrected chi connectivity index (χ1v) is 7.66. The number of ether oxygens (including phenoxy) is 3. The predicted molar refractivity (Wildman–Crippen MR) is 90.3 cm³/mol. The summed E-state index contributed by atoms with van der Waals surface area (Å²) in [4.78, 5) is 16.6. The molecule has 0 spiro atoms. The van der Waals surface area contributed by atoms with Crippen LogP contribution in [0.1, 0.15) is 22.8 Å². The normalized spacial score (nSPS) is 19.4.